The molecule has 0 fully saturated rings. The maximum atomic E-state index is 13.4. The van der Waals surface area contributed by atoms with E-state index in [2.05, 4.69) is 15.7 Å². The third kappa shape index (κ3) is 5.51. The van der Waals surface area contributed by atoms with Gasteiger partial charge < -0.3 is 20.5 Å². The number of ether oxygens (including phenoxy) is 1. The first-order chi connectivity index (χ1) is 15.7. The molecule has 2 aromatic carbocycles. The van der Waals surface area contributed by atoms with Crippen molar-refractivity contribution in [2.24, 2.45) is 0 Å². The van der Waals surface area contributed by atoms with Gasteiger partial charge in [-0.2, -0.15) is 18.3 Å². The highest BCUT2D eigenvalue weighted by Crippen LogP contribution is 2.32. The van der Waals surface area contributed by atoms with E-state index in [0.717, 1.165) is 5.56 Å². The predicted octanol–water partition coefficient (Wildman–Crippen LogP) is 4.21. The molecule has 0 saturated carbocycles. The summed E-state index contributed by atoms with van der Waals surface area (Å²) in [6.45, 7) is 5.75. The number of aliphatic hydroxyl groups is 1. The van der Waals surface area contributed by atoms with Crippen LogP contribution in [0.2, 0.25) is 0 Å². The van der Waals surface area contributed by atoms with E-state index in [1.165, 1.54) is 13.2 Å². The third-order valence-corrected chi connectivity index (χ3v) is 5.13. The molecule has 34 heavy (non-hydrogen) atoms. The molecule has 0 amide bonds. The first kappa shape index (κ1) is 25.5. The first-order valence-electron chi connectivity index (χ1n) is 10.7. The second-order valence-corrected chi connectivity index (χ2v) is 9.27. The molecule has 3 N–H and O–H groups in total. The van der Waals surface area contributed by atoms with E-state index in [0.29, 0.717) is 27.8 Å². The Morgan fingerprint density at radius 1 is 1.15 bits per heavy atom. The monoisotopic (exact) mass is 478 g/mol. The number of nitrogens with one attached hydrogen (secondary N) is 2. The number of alkyl halides is 3. The van der Waals surface area contributed by atoms with Crippen LogP contribution in [0.1, 0.15) is 36.7 Å². The molecule has 3 aromatic rings. The van der Waals surface area contributed by atoms with Crippen molar-refractivity contribution in [1.82, 2.24) is 15.1 Å². The lowest BCUT2D eigenvalue weighted by atomic mass is 10.0. The molecule has 3 rings (SSSR count). The van der Waals surface area contributed by atoms with E-state index in [4.69, 9.17) is 4.74 Å². The first-order valence-corrected chi connectivity index (χ1v) is 10.7. The van der Waals surface area contributed by atoms with Crippen molar-refractivity contribution in [2.45, 2.75) is 45.1 Å². The topological polar surface area (TPSA) is 88.4 Å². The molecule has 1 unspecified atom stereocenters. The summed E-state index contributed by atoms with van der Waals surface area (Å²) in [5.74, 6) is -0.472. The number of benzene rings is 2. The van der Waals surface area contributed by atoms with E-state index in [1.807, 2.05) is 13.0 Å². The van der Waals surface area contributed by atoms with Gasteiger partial charge in [0.15, 0.2) is 5.60 Å². The molecule has 1 atom stereocenters. The van der Waals surface area contributed by atoms with Gasteiger partial charge in [-0.15, -0.1) is 0 Å². The highest BCUT2D eigenvalue weighted by Gasteiger charge is 2.53. The normalized spacial score (nSPS) is 14.1. The van der Waals surface area contributed by atoms with Gasteiger partial charge in [0.05, 0.1) is 29.5 Å². The average Bonchev–Trinajstić information content (AvgIpc) is 3.14. The number of carbonyl (C=O) groups is 1. The van der Waals surface area contributed by atoms with Crippen LogP contribution in [0.4, 0.5) is 18.9 Å². The maximum Gasteiger partial charge on any atom is 0.420 e. The number of esters is 1. The van der Waals surface area contributed by atoms with Gasteiger partial charge in [0.2, 0.25) is 0 Å². The van der Waals surface area contributed by atoms with Gasteiger partial charge in [-0.1, -0.05) is 6.07 Å². The summed E-state index contributed by atoms with van der Waals surface area (Å²) in [6.07, 6.45) is -3.29. The summed E-state index contributed by atoms with van der Waals surface area (Å²) in [7, 11) is 1.34. The number of fused-ring (bicyclic) bond motifs is 1. The fourth-order valence-electron chi connectivity index (χ4n) is 3.52. The maximum absolute atomic E-state index is 13.4. The fraction of sp³-hybridized carbons (Fsp3) is 0.417. The lowest BCUT2D eigenvalue weighted by Crippen LogP contribution is -2.56. The number of anilines is 1. The molecule has 0 aliphatic rings. The number of halogens is 3. The molecule has 1 aromatic heterocycles. The molecule has 184 valence electrons. The van der Waals surface area contributed by atoms with Crippen molar-refractivity contribution in [1.29, 1.82) is 0 Å². The standard InChI is InChI=1S/C24H29F3N4O3/c1-15-9-19(29-14-23(33,13-28-5)24(25,26)27)18-12-30-31(20(18)10-15)17-8-6-7-16(11-17)21(32)34-22(2,3)4/h6-12,28-29,33H,13-14H2,1-5H3. The van der Waals surface area contributed by atoms with Crippen LogP contribution in [0.5, 0.6) is 0 Å². The number of aryl methyl sites for hydroxylation is 1. The molecule has 0 radical (unpaired) electrons. The van der Waals surface area contributed by atoms with E-state index < -0.39 is 36.4 Å². The second kappa shape index (κ2) is 9.27. The van der Waals surface area contributed by atoms with E-state index >= 15 is 0 Å². The van der Waals surface area contributed by atoms with Crippen LogP contribution >= 0.6 is 0 Å². The van der Waals surface area contributed by atoms with Crippen molar-refractivity contribution in [2.75, 3.05) is 25.5 Å². The van der Waals surface area contributed by atoms with Gasteiger partial charge in [0, 0.05) is 17.6 Å². The summed E-state index contributed by atoms with van der Waals surface area (Å²) < 4.78 is 47.3. The Morgan fingerprint density at radius 2 is 1.85 bits per heavy atom. The van der Waals surface area contributed by atoms with Crippen LogP contribution in [-0.2, 0) is 4.74 Å². The number of nitrogens with zero attached hydrogens (tertiary/aromatic N) is 2. The quantitative estimate of drug-likeness (QED) is 0.441. The number of hydrogen-bond acceptors (Lipinski definition) is 6. The van der Waals surface area contributed by atoms with Crippen LogP contribution in [0, 0.1) is 6.92 Å². The van der Waals surface area contributed by atoms with Gasteiger partial charge in [0.1, 0.15) is 5.60 Å². The molecular formula is C24H29F3N4O3. The number of likely N-dealkylation sites (N-methyl/N-ethyl adjacent to an activating group) is 1. The zero-order chi connectivity index (χ0) is 25.3. The Labute approximate surface area is 195 Å². The second-order valence-electron chi connectivity index (χ2n) is 9.27. The van der Waals surface area contributed by atoms with E-state index in [9.17, 15) is 23.1 Å². The van der Waals surface area contributed by atoms with Gasteiger partial charge in [-0.25, -0.2) is 9.48 Å². The molecule has 0 bridgehead atoms. The number of carbonyl (C=O) groups excluding carboxylic acids is 1. The molecule has 0 spiro atoms. The summed E-state index contributed by atoms with van der Waals surface area (Å²) in [6, 6.07) is 10.3. The highest BCUT2D eigenvalue weighted by atomic mass is 19.4. The van der Waals surface area contributed by atoms with Gasteiger partial charge in [0.25, 0.3) is 0 Å². The summed E-state index contributed by atoms with van der Waals surface area (Å²) in [5.41, 5.74) is -0.827. The smallest absolute Gasteiger partial charge is 0.420 e. The minimum Gasteiger partial charge on any atom is -0.456 e. The van der Waals surface area contributed by atoms with Crippen LogP contribution in [0.3, 0.4) is 0 Å². The lowest BCUT2D eigenvalue weighted by Gasteiger charge is -2.31. The zero-order valence-corrected chi connectivity index (χ0v) is 19.7. The van der Waals surface area contributed by atoms with Gasteiger partial charge >= 0.3 is 12.1 Å². The summed E-state index contributed by atoms with van der Waals surface area (Å²) in [4.78, 5) is 12.5. The summed E-state index contributed by atoms with van der Waals surface area (Å²) in [5, 5.41) is 20.3. The van der Waals surface area contributed by atoms with Crippen molar-refractivity contribution in [3.05, 3.63) is 53.7 Å². The number of hydrogen-bond donors (Lipinski definition) is 3. The number of aromatic nitrogens is 2. The Kier molecular flexibility index (Phi) is 6.95. The lowest BCUT2D eigenvalue weighted by molar-refractivity contribution is -0.251. The fourth-order valence-corrected chi connectivity index (χ4v) is 3.52. The molecule has 10 heteroatoms. The van der Waals surface area contributed by atoms with Crippen molar-refractivity contribution >= 4 is 22.6 Å². The van der Waals surface area contributed by atoms with Crippen molar-refractivity contribution in [3.8, 4) is 5.69 Å². The molecule has 1 heterocycles. The largest absolute Gasteiger partial charge is 0.456 e. The van der Waals surface area contributed by atoms with E-state index in [1.54, 1.807) is 55.8 Å². The molecule has 0 saturated heterocycles. The van der Waals surface area contributed by atoms with Gasteiger partial charge in [-0.3, -0.25) is 0 Å². The Morgan fingerprint density at radius 3 is 2.47 bits per heavy atom. The molecule has 7 nitrogen and oxygen atoms in total. The SMILES string of the molecule is CNCC(O)(CNc1cc(C)cc2c1cnn2-c1cccc(C(=O)OC(C)(C)C)c1)C(F)(F)F. The molecule has 0 aliphatic heterocycles. The third-order valence-electron chi connectivity index (χ3n) is 5.13. The van der Waals surface area contributed by atoms with Gasteiger partial charge in [-0.05, 0) is 70.6 Å². The van der Waals surface area contributed by atoms with Crippen molar-refractivity contribution < 1.29 is 27.8 Å². The van der Waals surface area contributed by atoms with Crippen LogP contribution < -0.4 is 10.6 Å². The minimum atomic E-state index is -4.82. The Bertz CT molecular complexity index is 1180. The Hall–Kier alpha value is -3.11. The summed E-state index contributed by atoms with van der Waals surface area (Å²) >= 11 is 0. The van der Waals surface area contributed by atoms with Crippen molar-refractivity contribution in [3.63, 3.8) is 0 Å². The minimum absolute atomic E-state index is 0.351. The molecule has 0 aliphatic carbocycles. The predicted molar refractivity (Wildman–Crippen MR) is 124 cm³/mol. The van der Waals surface area contributed by atoms with E-state index in [-0.39, 0.29) is 0 Å². The highest BCUT2D eigenvalue weighted by molar-refractivity contribution is 5.94. The molecular weight excluding hydrogens is 449 g/mol. The zero-order valence-electron chi connectivity index (χ0n) is 19.7. The van der Waals surface area contributed by atoms with Crippen LogP contribution in [-0.4, -0.2) is 58.4 Å². The van der Waals surface area contributed by atoms with Crippen LogP contribution in [0.25, 0.3) is 16.6 Å². The number of rotatable bonds is 7. The Balaban J connectivity index is 1.97. The average molecular weight is 479 g/mol. The van der Waals surface area contributed by atoms with Crippen LogP contribution in [0.15, 0.2) is 42.6 Å².